The standard InChI is InChI=1S/C22H17FN2O2/c23-17-11-12-20-18(13-17)21(22(24-20)16-9-5-2-6-10-16)19(14-25(26)27)15-7-3-1-4-8-15/h1-13,19,24H,14H2. The molecule has 0 aliphatic carbocycles. The van der Waals surface area contributed by atoms with Gasteiger partial charge in [-0.15, -0.1) is 0 Å². The molecule has 1 atom stereocenters. The van der Waals surface area contributed by atoms with E-state index in [1.807, 2.05) is 60.7 Å². The summed E-state index contributed by atoms with van der Waals surface area (Å²) in [5, 5.41) is 12.1. The van der Waals surface area contributed by atoms with Gasteiger partial charge >= 0.3 is 0 Å². The van der Waals surface area contributed by atoms with Gasteiger partial charge in [0.05, 0.1) is 11.6 Å². The summed E-state index contributed by atoms with van der Waals surface area (Å²) in [6.45, 7) is -0.271. The second kappa shape index (κ2) is 7.03. The van der Waals surface area contributed by atoms with E-state index in [-0.39, 0.29) is 17.3 Å². The van der Waals surface area contributed by atoms with Crippen LogP contribution in [0, 0.1) is 15.9 Å². The van der Waals surface area contributed by atoms with Gasteiger partial charge in [-0.2, -0.15) is 0 Å². The maximum absolute atomic E-state index is 14.0. The molecular weight excluding hydrogens is 343 g/mol. The number of nitro groups is 1. The zero-order chi connectivity index (χ0) is 18.8. The number of nitrogens with zero attached hydrogens (tertiary/aromatic N) is 1. The lowest BCUT2D eigenvalue weighted by Crippen LogP contribution is -2.14. The van der Waals surface area contributed by atoms with Crippen LogP contribution in [0.25, 0.3) is 22.2 Å². The largest absolute Gasteiger partial charge is 0.354 e. The van der Waals surface area contributed by atoms with Crippen molar-refractivity contribution in [1.29, 1.82) is 0 Å². The van der Waals surface area contributed by atoms with Crippen LogP contribution in [0.15, 0.2) is 78.9 Å². The number of hydrogen-bond acceptors (Lipinski definition) is 2. The van der Waals surface area contributed by atoms with Gasteiger partial charge in [0.1, 0.15) is 5.82 Å². The summed E-state index contributed by atoms with van der Waals surface area (Å²) in [5.41, 5.74) is 4.03. The van der Waals surface area contributed by atoms with Crippen molar-refractivity contribution in [3.8, 4) is 11.3 Å². The van der Waals surface area contributed by atoms with E-state index in [9.17, 15) is 14.5 Å². The number of aromatic nitrogens is 1. The van der Waals surface area contributed by atoms with Crippen LogP contribution in [0.4, 0.5) is 4.39 Å². The molecule has 1 heterocycles. The number of hydrogen-bond donors (Lipinski definition) is 1. The predicted octanol–water partition coefficient (Wildman–Crippen LogP) is 5.38. The number of nitrogens with one attached hydrogen (secondary N) is 1. The topological polar surface area (TPSA) is 58.9 Å². The van der Waals surface area contributed by atoms with Crippen LogP contribution < -0.4 is 0 Å². The lowest BCUT2D eigenvalue weighted by Gasteiger charge is -2.16. The molecule has 0 aliphatic heterocycles. The first-order valence-corrected chi connectivity index (χ1v) is 8.67. The number of H-pyrrole nitrogens is 1. The summed E-state index contributed by atoms with van der Waals surface area (Å²) in [5.74, 6) is -0.859. The first-order chi connectivity index (χ1) is 13.1. The van der Waals surface area contributed by atoms with Gasteiger partial charge in [0, 0.05) is 15.8 Å². The quantitative estimate of drug-likeness (QED) is 0.383. The van der Waals surface area contributed by atoms with E-state index < -0.39 is 5.92 Å². The Morgan fingerprint density at radius 1 is 0.963 bits per heavy atom. The van der Waals surface area contributed by atoms with Gasteiger partial charge in [0.15, 0.2) is 0 Å². The number of halogens is 1. The number of benzene rings is 3. The van der Waals surface area contributed by atoms with Gasteiger partial charge in [0.25, 0.3) is 0 Å². The predicted molar refractivity (Wildman–Crippen MR) is 104 cm³/mol. The Morgan fingerprint density at radius 2 is 1.63 bits per heavy atom. The van der Waals surface area contributed by atoms with E-state index in [0.29, 0.717) is 5.39 Å². The smallest absolute Gasteiger partial charge is 0.214 e. The van der Waals surface area contributed by atoms with Gasteiger partial charge in [-0.3, -0.25) is 10.1 Å². The highest BCUT2D eigenvalue weighted by Crippen LogP contribution is 2.39. The molecule has 0 saturated carbocycles. The number of fused-ring (bicyclic) bond motifs is 1. The molecule has 134 valence electrons. The molecule has 0 saturated heterocycles. The molecule has 1 aromatic heterocycles. The average Bonchev–Trinajstić information content (AvgIpc) is 3.06. The van der Waals surface area contributed by atoms with E-state index in [2.05, 4.69) is 4.98 Å². The summed E-state index contributed by atoms with van der Waals surface area (Å²) in [6.07, 6.45) is 0. The van der Waals surface area contributed by atoms with Crippen LogP contribution in [0.2, 0.25) is 0 Å². The second-order valence-electron chi connectivity index (χ2n) is 6.45. The Morgan fingerprint density at radius 3 is 2.30 bits per heavy atom. The maximum Gasteiger partial charge on any atom is 0.214 e. The molecule has 3 aromatic carbocycles. The molecule has 4 rings (SSSR count). The van der Waals surface area contributed by atoms with Gasteiger partial charge in [-0.25, -0.2) is 4.39 Å². The van der Waals surface area contributed by atoms with Gasteiger partial charge in [0.2, 0.25) is 6.54 Å². The molecule has 0 radical (unpaired) electrons. The second-order valence-corrected chi connectivity index (χ2v) is 6.45. The molecule has 27 heavy (non-hydrogen) atoms. The Hall–Kier alpha value is -3.47. The van der Waals surface area contributed by atoms with Crippen molar-refractivity contribution >= 4 is 10.9 Å². The molecule has 0 spiro atoms. The van der Waals surface area contributed by atoms with Crippen LogP contribution in [-0.4, -0.2) is 16.5 Å². The lowest BCUT2D eigenvalue weighted by molar-refractivity contribution is -0.481. The first kappa shape index (κ1) is 17.0. The van der Waals surface area contributed by atoms with Crippen molar-refractivity contribution in [2.75, 3.05) is 6.54 Å². The van der Waals surface area contributed by atoms with E-state index in [1.54, 1.807) is 6.07 Å². The number of aromatic amines is 1. The van der Waals surface area contributed by atoms with E-state index >= 15 is 0 Å². The van der Waals surface area contributed by atoms with Crippen molar-refractivity contribution in [2.45, 2.75) is 5.92 Å². The minimum atomic E-state index is -0.494. The van der Waals surface area contributed by atoms with Gasteiger partial charge < -0.3 is 4.98 Å². The molecule has 0 amide bonds. The van der Waals surface area contributed by atoms with Gasteiger partial charge in [-0.05, 0) is 34.9 Å². The summed E-state index contributed by atoms with van der Waals surface area (Å²) < 4.78 is 14.0. The Bertz CT molecular complexity index is 1090. The summed E-state index contributed by atoms with van der Waals surface area (Å²) in [7, 11) is 0. The zero-order valence-corrected chi connectivity index (χ0v) is 14.4. The van der Waals surface area contributed by atoms with Crippen molar-refractivity contribution in [3.05, 3.63) is 106 Å². The van der Waals surface area contributed by atoms with E-state index in [4.69, 9.17) is 0 Å². The molecule has 4 nitrogen and oxygen atoms in total. The van der Waals surface area contributed by atoms with Crippen molar-refractivity contribution in [3.63, 3.8) is 0 Å². The van der Waals surface area contributed by atoms with Crippen LogP contribution in [0.1, 0.15) is 17.0 Å². The molecule has 0 aliphatic rings. The highest BCUT2D eigenvalue weighted by atomic mass is 19.1. The summed E-state index contributed by atoms with van der Waals surface area (Å²) >= 11 is 0. The Labute approximate surface area is 155 Å². The Kier molecular flexibility index (Phi) is 4.42. The SMILES string of the molecule is O=[N+]([O-])CC(c1ccccc1)c1c(-c2ccccc2)[nH]c2ccc(F)cc12. The highest BCUT2D eigenvalue weighted by Gasteiger charge is 2.27. The van der Waals surface area contributed by atoms with Crippen LogP contribution in [0.5, 0.6) is 0 Å². The molecule has 4 aromatic rings. The maximum atomic E-state index is 14.0. The Balaban J connectivity index is 2.02. The summed E-state index contributed by atoms with van der Waals surface area (Å²) in [6, 6.07) is 23.5. The van der Waals surface area contributed by atoms with E-state index in [0.717, 1.165) is 27.9 Å². The first-order valence-electron chi connectivity index (χ1n) is 8.67. The van der Waals surface area contributed by atoms with Crippen molar-refractivity contribution in [1.82, 2.24) is 4.98 Å². The third-order valence-electron chi connectivity index (χ3n) is 4.75. The van der Waals surface area contributed by atoms with Crippen LogP contribution in [0.3, 0.4) is 0 Å². The fourth-order valence-corrected chi connectivity index (χ4v) is 3.58. The third-order valence-corrected chi connectivity index (χ3v) is 4.75. The monoisotopic (exact) mass is 360 g/mol. The molecule has 0 bridgehead atoms. The average molecular weight is 360 g/mol. The lowest BCUT2D eigenvalue weighted by atomic mass is 9.87. The summed E-state index contributed by atoms with van der Waals surface area (Å²) in [4.78, 5) is 14.5. The molecule has 0 fully saturated rings. The molecule has 5 heteroatoms. The van der Waals surface area contributed by atoms with Gasteiger partial charge in [-0.1, -0.05) is 60.7 Å². The number of rotatable bonds is 5. The normalized spacial score (nSPS) is 12.2. The van der Waals surface area contributed by atoms with Crippen molar-refractivity contribution in [2.24, 2.45) is 0 Å². The van der Waals surface area contributed by atoms with E-state index in [1.165, 1.54) is 12.1 Å². The fraction of sp³-hybridized carbons (Fsp3) is 0.0909. The molecular formula is C22H17FN2O2. The van der Waals surface area contributed by atoms with Crippen LogP contribution >= 0.6 is 0 Å². The minimum Gasteiger partial charge on any atom is -0.354 e. The fourth-order valence-electron chi connectivity index (χ4n) is 3.58. The zero-order valence-electron chi connectivity index (χ0n) is 14.4. The van der Waals surface area contributed by atoms with Crippen molar-refractivity contribution < 1.29 is 9.31 Å². The third kappa shape index (κ3) is 3.31. The highest BCUT2D eigenvalue weighted by molar-refractivity contribution is 5.92. The minimum absolute atomic E-state index is 0.271. The molecule has 1 unspecified atom stereocenters. The van der Waals surface area contributed by atoms with Crippen LogP contribution in [-0.2, 0) is 0 Å². The molecule has 1 N–H and O–H groups in total.